The summed E-state index contributed by atoms with van der Waals surface area (Å²) in [5.74, 6) is -1.22. The number of hydrogen-bond donors (Lipinski definition) is 2. The lowest BCUT2D eigenvalue weighted by molar-refractivity contribution is -0.144. The second-order valence-corrected chi connectivity index (χ2v) is 12.5. The van der Waals surface area contributed by atoms with Crippen molar-refractivity contribution in [3.05, 3.63) is 71.4 Å². The molecule has 4 rings (SSSR count). The maximum Gasteiger partial charge on any atom is 0.416 e. The van der Waals surface area contributed by atoms with Crippen LogP contribution < -0.4 is 5.73 Å². The minimum atomic E-state index is -5.03. The molecule has 2 aliphatic rings. The zero-order valence-electron chi connectivity index (χ0n) is 27.2. The number of aliphatic imine (C=N–C) groups is 1. The van der Waals surface area contributed by atoms with Crippen molar-refractivity contribution in [1.82, 2.24) is 19.6 Å². The van der Waals surface area contributed by atoms with Crippen LogP contribution in [0.2, 0.25) is 0 Å². The molecule has 2 heterocycles. The highest BCUT2D eigenvalue weighted by Gasteiger charge is 2.40. The number of hydrogen-bond acceptors (Lipinski definition) is 7. The number of aromatic nitrogens is 2. The number of amides is 1. The number of nitrogens with two attached hydrogens (primary N) is 1. The third-order valence-corrected chi connectivity index (χ3v) is 9.08. The second kappa shape index (κ2) is 15.4. The Kier molecular flexibility index (Phi) is 11.7. The smallest absolute Gasteiger partial charge is 0.416 e. The van der Waals surface area contributed by atoms with Crippen LogP contribution in [0.15, 0.2) is 54.2 Å². The summed E-state index contributed by atoms with van der Waals surface area (Å²) in [6.07, 6.45) is -1.80. The fraction of sp³-hybridized carbons (Fsp3) is 0.515. The Morgan fingerprint density at radius 3 is 2.27 bits per heavy atom. The molecule has 268 valence electrons. The molecule has 49 heavy (non-hydrogen) atoms. The first-order valence-electron chi connectivity index (χ1n) is 15.8. The lowest BCUT2D eigenvalue weighted by atomic mass is 9.82. The Hall–Kier alpha value is -4.50. The van der Waals surface area contributed by atoms with Crippen LogP contribution in [-0.2, 0) is 35.5 Å². The average Bonchev–Trinajstić information content (AvgIpc) is 3.68. The number of allylic oxidation sites excluding steroid dienone is 1. The highest BCUT2D eigenvalue weighted by molar-refractivity contribution is 6.09. The van der Waals surface area contributed by atoms with E-state index in [1.165, 1.54) is 33.1 Å². The van der Waals surface area contributed by atoms with Crippen molar-refractivity contribution >= 4 is 23.9 Å². The molecule has 2 fully saturated rings. The molecule has 3 N–H and O–H groups in total. The van der Waals surface area contributed by atoms with E-state index in [-0.39, 0.29) is 42.6 Å². The van der Waals surface area contributed by atoms with E-state index in [9.17, 15) is 41.0 Å². The van der Waals surface area contributed by atoms with Crippen LogP contribution in [0, 0.1) is 11.8 Å². The highest BCUT2D eigenvalue weighted by atomic mass is 19.4. The van der Waals surface area contributed by atoms with Gasteiger partial charge in [0.15, 0.2) is 0 Å². The van der Waals surface area contributed by atoms with Gasteiger partial charge in [0.1, 0.15) is 5.82 Å². The molecule has 0 radical (unpaired) electrons. The Labute approximate surface area is 279 Å². The predicted octanol–water partition coefficient (Wildman–Crippen LogP) is 6.68. The highest BCUT2D eigenvalue weighted by Crippen LogP contribution is 2.38. The summed E-state index contributed by atoms with van der Waals surface area (Å²) in [6, 6.07) is 0.457. The van der Waals surface area contributed by atoms with Gasteiger partial charge in [-0.1, -0.05) is 13.5 Å². The predicted molar refractivity (Wildman–Crippen MR) is 169 cm³/mol. The maximum absolute atomic E-state index is 13.7. The topological polar surface area (TPSA) is 126 Å². The summed E-state index contributed by atoms with van der Waals surface area (Å²) in [5, 5.41) is 13.3. The summed E-state index contributed by atoms with van der Waals surface area (Å²) in [6.45, 7) is 5.58. The van der Waals surface area contributed by atoms with Gasteiger partial charge in [0.25, 0.3) is 0 Å². The molecule has 2 aromatic rings. The van der Waals surface area contributed by atoms with Crippen molar-refractivity contribution in [2.24, 2.45) is 29.6 Å². The van der Waals surface area contributed by atoms with Crippen LogP contribution in [0.5, 0.6) is 0 Å². The van der Waals surface area contributed by atoms with Gasteiger partial charge in [-0.2, -0.15) is 31.4 Å². The van der Waals surface area contributed by atoms with E-state index in [1.54, 1.807) is 13.2 Å². The Balaban J connectivity index is 1.59. The van der Waals surface area contributed by atoms with Crippen molar-refractivity contribution in [1.29, 1.82) is 0 Å². The SMILES string of the molecule is C=C(N=C/C(=C\N)c1cnn(C)c1)N(Cc1cc(C(F)(F)F)cc(C(F)(F)F)c1)[C@H]1C[C@@H](CC)N(C(=O)OCC2CCC(C(=O)O)CC2)C1. The van der Waals surface area contributed by atoms with E-state index in [1.807, 2.05) is 6.92 Å². The largest absolute Gasteiger partial charge is 0.481 e. The van der Waals surface area contributed by atoms with Gasteiger partial charge in [0.2, 0.25) is 0 Å². The van der Waals surface area contributed by atoms with Crippen molar-refractivity contribution in [3.8, 4) is 0 Å². The molecule has 16 heteroatoms. The molecule has 1 amide bonds. The number of carboxylic acids is 1. The molecule has 1 aliphatic heterocycles. The van der Waals surface area contributed by atoms with Gasteiger partial charge in [0, 0.05) is 55.9 Å². The first-order chi connectivity index (χ1) is 23.0. The lowest BCUT2D eigenvalue weighted by Crippen LogP contribution is -2.39. The summed E-state index contributed by atoms with van der Waals surface area (Å²) in [4.78, 5) is 32.0. The summed E-state index contributed by atoms with van der Waals surface area (Å²) < 4.78 is 89.5. The van der Waals surface area contributed by atoms with Gasteiger partial charge in [0.05, 0.1) is 35.9 Å². The number of benzene rings is 1. The number of carbonyl (C=O) groups is 2. The van der Waals surface area contributed by atoms with Crippen LogP contribution in [-0.4, -0.2) is 68.2 Å². The molecule has 0 bridgehead atoms. The molecule has 0 spiro atoms. The number of ether oxygens (including phenoxy) is 1. The third-order valence-electron chi connectivity index (χ3n) is 9.08. The van der Waals surface area contributed by atoms with Crippen LogP contribution in [0.4, 0.5) is 31.1 Å². The Morgan fingerprint density at radius 1 is 1.12 bits per heavy atom. The average molecular weight is 699 g/mol. The molecule has 0 unspecified atom stereocenters. The molecular weight excluding hydrogens is 658 g/mol. The number of alkyl halides is 6. The van der Waals surface area contributed by atoms with Crippen LogP contribution >= 0.6 is 0 Å². The molecule has 2 atom stereocenters. The number of rotatable bonds is 11. The normalized spacial score (nSPS) is 22.0. The first kappa shape index (κ1) is 37.3. The van der Waals surface area contributed by atoms with Crippen molar-refractivity contribution < 1.29 is 45.8 Å². The minimum absolute atomic E-state index is 0.0111. The first-order valence-corrected chi connectivity index (χ1v) is 15.8. The lowest BCUT2D eigenvalue weighted by Gasteiger charge is -2.31. The van der Waals surface area contributed by atoms with Crippen LogP contribution in [0.1, 0.15) is 67.7 Å². The summed E-state index contributed by atoms with van der Waals surface area (Å²) in [7, 11) is 1.70. The molecular formula is C33H40F6N6O4. The second-order valence-electron chi connectivity index (χ2n) is 12.5. The van der Waals surface area contributed by atoms with Crippen LogP contribution in [0.3, 0.4) is 0 Å². The van der Waals surface area contributed by atoms with E-state index in [2.05, 4.69) is 16.7 Å². The molecule has 1 aliphatic carbocycles. The quantitative estimate of drug-likeness (QED) is 0.198. The van der Waals surface area contributed by atoms with E-state index in [0.717, 1.165) is 0 Å². The van der Waals surface area contributed by atoms with E-state index in [0.29, 0.717) is 61.8 Å². The van der Waals surface area contributed by atoms with E-state index in [4.69, 9.17) is 10.5 Å². The van der Waals surface area contributed by atoms with Crippen molar-refractivity contribution in [3.63, 3.8) is 0 Å². The molecule has 1 saturated heterocycles. The van der Waals surface area contributed by atoms with Gasteiger partial charge < -0.3 is 25.4 Å². The standard InChI is InChI=1S/C33H40F6N6O4/c1-4-28-12-29(18-45(28)31(48)49-19-21-5-7-23(8-6-21)30(46)47)44(20(2)41-14-24(13-40)25-15-42-43(3)17-25)16-22-9-26(32(34,35)36)11-27(10-22)33(37,38)39/h9-11,13-15,17,21,23,28-29H,2,4-8,12,16,18-19,40H2,1,3H3,(H,46,47)/b24-13+,41-14?/t21?,23?,28-,29+/m1/s1. The number of likely N-dealkylation sites (tertiary alicyclic amines) is 1. The molecule has 1 saturated carbocycles. The van der Waals surface area contributed by atoms with Crippen molar-refractivity contribution in [2.45, 2.75) is 76.4 Å². The maximum atomic E-state index is 13.7. The fourth-order valence-electron chi connectivity index (χ4n) is 6.32. The van der Waals surface area contributed by atoms with E-state index >= 15 is 0 Å². The van der Waals surface area contributed by atoms with Gasteiger partial charge in [-0.15, -0.1) is 0 Å². The number of aliphatic carboxylic acids is 1. The number of carboxylic acid groups (broad SMARTS) is 1. The zero-order valence-corrected chi connectivity index (χ0v) is 27.2. The van der Waals surface area contributed by atoms with E-state index < -0.39 is 54.0 Å². The van der Waals surface area contributed by atoms with Gasteiger partial charge in [-0.3, -0.25) is 9.48 Å². The minimum Gasteiger partial charge on any atom is -0.481 e. The number of carbonyl (C=O) groups excluding carboxylic acids is 1. The fourth-order valence-corrected chi connectivity index (χ4v) is 6.32. The zero-order chi connectivity index (χ0) is 36.1. The monoisotopic (exact) mass is 698 g/mol. The van der Waals surface area contributed by atoms with Gasteiger partial charge in [-0.05, 0) is 68.2 Å². The van der Waals surface area contributed by atoms with Gasteiger partial charge in [-0.25, -0.2) is 9.79 Å². The summed E-state index contributed by atoms with van der Waals surface area (Å²) >= 11 is 0. The third kappa shape index (κ3) is 9.57. The number of halogens is 6. The van der Waals surface area contributed by atoms with Crippen molar-refractivity contribution in [2.75, 3.05) is 13.2 Å². The summed E-state index contributed by atoms with van der Waals surface area (Å²) in [5.41, 5.74) is 3.68. The van der Waals surface area contributed by atoms with Crippen LogP contribution in [0.25, 0.3) is 5.57 Å². The van der Waals surface area contributed by atoms with Gasteiger partial charge >= 0.3 is 24.4 Å². The number of nitrogens with zero attached hydrogens (tertiary/aromatic N) is 5. The Bertz CT molecular complexity index is 1530. The Morgan fingerprint density at radius 2 is 1.76 bits per heavy atom. The molecule has 1 aromatic heterocycles. The number of aryl methyl sites for hydroxylation is 1. The molecule has 10 nitrogen and oxygen atoms in total. The molecule has 1 aromatic carbocycles.